The van der Waals surface area contributed by atoms with Crippen LogP contribution in [0.1, 0.15) is 34.6 Å². The molecule has 200 valence electrons. The van der Waals surface area contributed by atoms with Gasteiger partial charge >= 0.3 is 6.09 Å². The van der Waals surface area contributed by atoms with Crippen molar-refractivity contribution in [3.8, 4) is 0 Å². The van der Waals surface area contributed by atoms with Crippen molar-refractivity contribution in [1.82, 2.24) is 24.3 Å². The van der Waals surface area contributed by atoms with Crippen LogP contribution in [-0.2, 0) is 20.0 Å². The normalized spacial score (nSPS) is 13.0. The Morgan fingerprint density at radius 3 is 2.53 bits per heavy atom. The summed E-state index contributed by atoms with van der Waals surface area (Å²) in [7, 11) is 1.87. The third-order valence-corrected chi connectivity index (χ3v) is 7.20. The number of carbonyl (C=O) groups is 2. The summed E-state index contributed by atoms with van der Waals surface area (Å²) in [5, 5.41) is 21.7. The van der Waals surface area contributed by atoms with E-state index in [0.29, 0.717) is 18.5 Å². The van der Waals surface area contributed by atoms with Crippen LogP contribution in [0.4, 0.5) is 4.79 Å². The largest absolute Gasteiger partial charge is 0.465 e. The number of thiazole rings is 1. The fourth-order valence-electron chi connectivity index (χ4n) is 4.59. The summed E-state index contributed by atoms with van der Waals surface area (Å²) in [6.45, 7) is 4.52. The van der Waals surface area contributed by atoms with Crippen LogP contribution in [0.2, 0.25) is 0 Å². The minimum absolute atomic E-state index is 0.00952. The standard InChI is InChI=1S/C28H33N5O4S/c1-19(2)14-32(27(35)21-9-10-23-24(12-21)31(3)17-30-23)16-26(34)25(11-20-7-5-4-6-8-20)33(28(36)37)15-22-13-29-18-38-22/h4-10,12-13,17-19,25-26,34H,11,14-16H2,1-3H3,(H,36,37)/t25-,26+/m0/s1. The van der Waals surface area contributed by atoms with Gasteiger partial charge in [-0.25, -0.2) is 9.78 Å². The maximum Gasteiger partial charge on any atom is 0.407 e. The number of carbonyl (C=O) groups excluding carboxylic acids is 1. The van der Waals surface area contributed by atoms with E-state index < -0.39 is 18.2 Å². The van der Waals surface area contributed by atoms with E-state index in [1.54, 1.807) is 35.1 Å². The summed E-state index contributed by atoms with van der Waals surface area (Å²) in [5.74, 6) is -0.0735. The quantitative estimate of drug-likeness (QED) is 0.297. The molecule has 0 aliphatic heterocycles. The Morgan fingerprint density at radius 1 is 1.11 bits per heavy atom. The number of aryl methyl sites for hydroxylation is 1. The molecule has 9 nitrogen and oxygen atoms in total. The maximum absolute atomic E-state index is 13.7. The van der Waals surface area contributed by atoms with Crippen molar-refractivity contribution in [1.29, 1.82) is 0 Å². The lowest BCUT2D eigenvalue weighted by atomic mass is 9.98. The second-order valence-electron chi connectivity index (χ2n) is 9.87. The lowest BCUT2D eigenvalue weighted by Gasteiger charge is -2.36. The number of hydrogen-bond donors (Lipinski definition) is 2. The third kappa shape index (κ3) is 6.56. The SMILES string of the molecule is CC(C)CN(C[C@@H](O)[C@H](Cc1ccccc1)N(Cc1cncs1)C(=O)O)C(=O)c1ccc2ncn(C)c2c1. The predicted octanol–water partition coefficient (Wildman–Crippen LogP) is 4.28. The Kier molecular flexibility index (Phi) is 8.75. The van der Waals surface area contributed by atoms with Gasteiger partial charge < -0.3 is 19.7 Å². The van der Waals surface area contributed by atoms with Crippen LogP contribution in [0, 0.1) is 5.92 Å². The molecule has 2 aromatic carbocycles. The maximum atomic E-state index is 13.7. The molecule has 0 unspecified atom stereocenters. The van der Waals surface area contributed by atoms with Crippen molar-refractivity contribution >= 4 is 34.4 Å². The molecule has 2 heterocycles. The van der Waals surface area contributed by atoms with Crippen molar-refractivity contribution < 1.29 is 19.8 Å². The Hall–Kier alpha value is -3.76. The summed E-state index contributed by atoms with van der Waals surface area (Å²) < 4.78 is 1.85. The fourth-order valence-corrected chi connectivity index (χ4v) is 5.19. The van der Waals surface area contributed by atoms with Crippen LogP contribution < -0.4 is 0 Å². The van der Waals surface area contributed by atoms with Crippen molar-refractivity contribution in [3.63, 3.8) is 0 Å². The average Bonchev–Trinajstić information content (AvgIpc) is 3.55. The van der Waals surface area contributed by atoms with Crippen molar-refractivity contribution in [2.24, 2.45) is 13.0 Å². The summed E-state index contributed by atoms with van der Waals surface area (Å²) in [6, 6.07) is 14.1. The molecule has 2 N–H and O–H groups in total. The number of imidazole rings is 1. The van der Waals surface area contributed by atoms with E-state index in [9.17, 15) is 19.8 Å². The van der Waals surface area contributed by atoms with Crippen molar-refractivity contribution in [2.45, 2.75) is 39.0 Å². The molecule has 2 amide bonds. The van der Waals surface area contributed by atoms with E-state index in [0.717, 1.165) is 21.5 Å². The predicted molar refractivity (Wildman–Crippen MR) is 147 cm³/mol. The average molecular weight is 536 g/mol. The van der Waals surface area contributed by atoms with E-state index in [2.05, 4.69) is 9.97 Å². The number of rotatable bonds is 11. The van der Waals surface area contributed by atoms with Crippen molar-refractivity contribution in [3.05, 3.63) is 82.6 Å². The highest BCUT2D eigenvalue weighted by molar-refractivity contribution is 7.09. The molecular weight excluding hydrogens is 502 g/mol. The van der Waals surface area contributed by atoms with Crippen molar-refractivity contribution in [2.75, 3.05) is 13.1 Å². The van der Waals surface area contributed by atoms with E-state index in [-0.39, 0.29) is 24.9 Å². The molecule has 4 rings (SSSR count). The number of amides is 2. The van der Waals surface area contributed by atoms with Gasteiger partial charge in [0.2, 0.25) is 0 Å². The number of hydrogen-bond acceptors (Lipinski definition) is 6. The van der Waals surface area contributed by atoms with Gasteiger partial charge in [-0.05, 0) is 36.1 Å². The van der Waals surface area contributed by atoms with E-state index >= 15 is 0 Å². The molecule has 0 saturated heterocycles. The molecule has 2 atom stereocenters. The summed E-state index contributed by atoms with van der Waals surface area (Å²) in [4.78, 5) is 38.1. The van der Waals surface area contributed by atoms with E-state index in [4.69, 9.17) is 0 Å². The molecule has 38 heavy (non-hydrogen) atoms. The number of nitrogens with zero attached hydrogens (tertiary/aromatic N) is 5. The zero-order chi connectivity index (χ0) is 27.2. The van der Waals surface area contributed by atoms with Gasteiger partial charge in [0.15, 0.2) is 0 Å². The number of aliphatic hydroxyl groups is 1. The minimum atomic E-state index is -1.14. The molecule has 10 heteroatoms. The second kappa shape index (κ2) is 12.2. The third-order valence-electron chi connectivity index (χ3n) is 6.44. The van der Waals surface area contributed by atoms with Gasteiger partial charge in [0.25, 0.3) is 5.91 Å². The molecular formula is C28H33N5O4S. The van der Waals surface area contributed by atoms with Gasteiger partial charge in [0.1, 0.15) is 0 Å². The molecule has 2 aromatic heterocycles. The van der Waals surface area contributed by atoms with Gasteiger partial charge in [-0.2, -0.15) is 0 Å². The highest BCUT2D eigenvalue weighted by atomic mass is 32.1. The molecule has 0 aliphatic rings. The number of aromatic nitrogens is 3. The van der Waals surface area contributed by atoms with Gasteiger partial charge in [0, 0.05) is 36.8 Å². The monoisotopic (exact) mass is 535 g/mol. The topological polar surface area (TPSA) is 112 Å². The molecule has 0 fully saturated rings. The molecule has 4 aromatic rings. The second-order valence-corrected chi connectivity index (χ2v) is 10.8. The van der Waals surface area contributed by atoms with Gasteiger partial charge in [-0.3, -0.25) is 14.7 Å². The molecule has 0 aliphatic carbocycles. The lowest BCUT2D eigenvalue weighted by molar-refractivity contribution is 0.0200. The Bertz CT molecular complexity index is 1360. The molecule has 0 spiro atoms. The van der Waals surface area contributed by atoms with Crippen LogP contribution in [0.5, 0.6) is 0 Å². The zero-order valence-corrected chi connectivity index (χ0v) is 22.6. The fraction of sp³-hybridized carbons (Fsp3) is 0.357. The van der Waals surface area contributed by atoms with E-state index in [1.807, 2.05) is 61.9 Å². The summed E-state index contributed by atoms with van der Waals surface area (Å²) >= 11 is 1.36. The smallest absolute Gasteiger partial charge is 0.407 e. The molecule has 0 bridgehead atoms. The number of fused-ring (bicyclic) bond motifs is 1. The Labute approximate surface area is 226 Å². The molecule has 0 radical (unpaired) electrons. The summed E-state index contributed by atoms with van der Waals surface area (Å²) in [6.07, 6.45) is 1.38. The Morgan fingerprint density at radius 2 is 1.87 bits per heavy atom. The first-order valence-corrected chi connectivity index (χ1v) is 13.4. The number of benzene rings is 2. The van der Waals surface area contributed by atoms with Crippen LogP contribution >= 0.6 is 11.3 Å². The van der Waals surface area contributed by atoms with Crippen LogP contribution in [-0.4, -0.2) is 71.8 Å². The first kappa shape index (κ1) is 27.3. The van der Waals surface area contributed by atoms with Crippen LogP contribution in [0.15, 0.2) is 66.6 Å². The summed E-state index contributed by atoms with van der Waals surface area (Å²) in [5.41, 5.74) is 4.68. The highest BCUT2D eigenvalue weighted by Crippen LogP contribution is 2.21. The Balaban J connectivity index is 1.63. The minimum Gasteiger partial charge on any atom is -0.465 e. The van der Waals surface area contributed by atoms with Crippen LogP contribution in [0.25, 0.3) is 11.0 Å². The first-order valence-electron chi connectivity index (χ1n) is 12.5. The van der Waals surface area contributed by atoms with E-state index in [1.165, 1.54) is 16.2 Å². The zero-order valence-electron chi connectivity index (χ0n) is 21.8. The van der Waals surface area contributed by atoms with Gasteiger partial charge in [-0.1, -0.05) is 44.2 Å². The van der Waals surface area contributed by atoms with Crippen LogP contribution in [0.3, 0.4) is 0 Å². The number of carboxylic acid groups (broad SMARTS) is 1. The lowest BCUT2D eigenvalue weighted by Crippen LogP contribution is -2.52. The van der Waals surface area contributed by atoms with Gasteiger partial charge in [0.05, 0.1) is 41.6 Å². The number of aliphatic hydroxyl groups excluding tert-OH is 1. The van der Waals surface area contributed by atoms with Gasteiger partial charge in [-0.15, -0.1) is 11.3 Å². The first-order chi connectivity index (χ1) is 18.2. The highest BCUT2D eigenvalue weighted by Gasteiger charge is 2.33. The molecule has 0 saturated carbocycles.